The molecule has 0 fully saturated rings. The van der Waals surface area contributed by atoms with Crippen molar-refractivity contribution in [2.24, 2.45) is 0 Å². The molecule has 3 aromatic rings. The van der Waals surface area contributed by atoms with Crippen molar-refractivity contribution in [1.82, 2.24) is 14.8 Å². The first-order valence-corrected chi connectivity index (χ1v) is 7.89. The summed E-state index contributed by atoms with van der Waals surface area (Å²) in [4.78, 5) is 16.2. The van der Waals surface area contributed by atoms with Gasteiger partial charge < -0.3 is 10.1 Å². The third kappa shape index (κ3) is 4.85. The van der Waals surface area contributed by atoms with Crippen molar-refractivity contribution in [3.05, 3.63) is 72.2 Å². The molecule has 0 spiro atoms. The number of aryl methyl sites for hydroxylation is 2. The second kappa shape index (κ2) is 8.19. The minimum absolute atomic E-state index is 0.0736. The van der Waals surface area contributed by atoms with E-state index in [1.165, 1.54) is 24.3 Å². The van der Waals surface area contributed by atoms with Crippen molar-refractivity contribution < 1.29 is 18.3 Å². The number of nitrogens with zero attached hydrogens (tertiary/aromatic N) is 3. The number of hydrogen-bond acceptors (Lipinski definition) is 4. The predicted octanol–water partition coefficient (Wildman–Crippen LogP) is 3.37. The van der Waals surface area contributed by atoms with Crippen molar-refractivity contribution in [1.29, 1.82) is 0 Å². The molecule has 0 unspecified atom stereocenters. The molecular weight excluding hydrogens is 342 g/mol. The molecule has 26 heavy (non-hydrogen) atoms. The van der Waals surface area contributed by atoms with E-state index in [1.54, 1.807) is 29.3 Å². The molecule has 0 atom stereocenters. The smallest absolute Gasteiger partial charge is 0.387 e. The Hall–Kier alpha value is -3.29. The van der Waals surface area contributed by atoms with E-state index < -0.39 is 12.5 Å². The van der Waals surface area contributed by atoms with Crippen LogP contribution in [0.2, 0.25) is 0 Å². The average Bonchev–Trinajstić information content (AvgIpc) is 3.08. The Morgan fingerprint density at radius 2 is 2.00 bits per heavy atom. The fourth-order valence-electron chi connectivity index (χ4n) is 2.35. The van der Waals surface area contributed by atoms with Gasteiger partial charge in [-0.3, -0.25) is 14.5 Å². The fraction of sp³-hybridized carbons (Fsp3) is 0.167. The van der Waals surface area contributed by atoms with Crippen LogP contribution in [-0.2, 0) is 13.0 Å². The molecule has 134 valence electrons. The van der Waals surface area contributed by atoms with Crippen LogP contribution in [0.15, 0.2) is 61.1 Å². The predicted molar refractivity (Wildman–Crippen MR) is 91.2 cm³/mol. The first kappa shape index (κ1) is 17.5. The maximum atomic E-state index is 12.3. The van der Waals surface area contributed by atoms with Gasteiger partial charge >= 0.3 is 6.61 Å². The zero-order chi connectivity index (χ0) is 18.4. The Kier molecular flexibility index (Phi) is 5.52. The van der Waals surface area contributed by atoms with Crippen LogP contribution in [0.1, 0.15) is 15.9 Å². The lowest BCUT2D eigenvalue weighted by Gasteiger charge is -2.06. The second-order valence-corrected chi connectivity index (χ2v) is 5.43. The number of anilines is 1. The maximum absolute atomic E-state index is 12.3. The standard InChI is InChI=1S/C18H16F2N4O2/c19-18(20)26-15-3-1-2-14(12-15)17(25)22-16-7-11-24(23-16)10-6-13-4-8-21-9-5-13/h1-5,7-9,11-12,18H,6,10H2,(H,22,23,25). The van der Waals surface area contributed by atoms with Gasteiger partial charge in [0.1, 0.15) is 5.75 Å². The molecule has 0 aliphatic carbocycles. The van der Waals surface area contributed by atoms with E-state index in [0.29, 0.717) is 12.4 Å². The second-order valence-electron chi connectivity index (χ2n) is 5.43. The number of benzene rings is 1. The summed E-state index contributed by atoms with van der Waals surface area (Å²) in [6, 6.07) is 11.1. The van der Waals surface area contributed by atoms with Gasteiger partial charge in [0.15, 0.2) is 5.82 Å². The highest BCUT2D eigenvalue weighted by Crippen LogP contribution is 2.17. The molecule has 3 rings (SSSR count). The van der Waals surface area contributed by atoms with Gasteiger partial charge in [-0.25, -0.2) is 0 Å². The number of alkyl halides is 2. The van der Waals surface area contributed by atoms with Gasteiger partial charge in [0.2, 0.25) is 0 Å². The third-order valence-electron chi connectivity index (χ3n) is 3.58. The van der Waals surface area contributed by atoms with Crippen molar-refractivity contribution in [2.75, 3.05) is 5.32 Å². The van der Waals surface area contributed by atoms with E-state index in [9.17, 15) is 13.6 Å². The molecule has 0 radical (unpaired) electrons. The molecule has 0 aliphatic heterocycles. The first-order valence-electron chi connectivity index (χ1n) is 7.89. The fourth-order valence-corrected chi connectivity index (χ4v) is 2.35. The Morgan fingerprint density at radius 3 is 2.77 bits per heavy atom. The minimum Gasteiger partial charge on any atom is -0.435 e. The van der Waals surface area contributed by atoms with Crippen LogP contribution in [0, 0.1) is 0 Å². The number of halogens is 2. The van der Waals surface area contributed by atoms with Gasteiger partial charge in [0.25, 0.3) is 5.91 Å². The molecule has 8 heteroatoms. The number of hydrogen-bond donors (Lipinski definition) is 1. The largest absolute Gasteiger partial charge is 0.435 e. The first-order chi connectivity index (χ1) is 12.6. The number of carbonyl (C=O) groups excluding carboxylic acids is 1. The summed E-state index contributed by atoms with van der Waals surface area (Å²) in [5.41, 5.74) is 1.34. The lowest BCUT2D eigenvalue weighted by Crippen LogP contribution is -2.13. The summed E-state index contributed by atoms with van der Waals surface area (Å²) < 4.78 is 30.5. The van der Waals surface area contributed by atoms with Crippen LogP contribution in [-0.4, -0.2) is 27.3 Å². The van der Waals surface area contributed by atoms with Gasteiger partial charge in [-0.15, -0.1) is 0 Å². The summed E-state index contributed by atoms with van der Waals surface area (Å²) in [5.74, 6) is -0.149. The van der Waals surface area contributed by atoms with E-state index in [2.05, 4.69) is 20.1 Å². The molecular formula is C18H16F2N4O2. The van der Waals surface area contributed by atoms with E-state index in [0.717, 1.165) is 12.0 Å². The zero-order valence-corrected chi connectivity index (χ0v) is 13.7. The van der Waals surface area contributed by atoms with E-state index >= 15 is 0 Å². The van der Waals surface area contributed by atoms with Crippen molar-refractivity contribution in [3.8, 4) is 5.75 Å². The quantitative estimate of drug-likeness (QED) is 0.703. The number of aromatic nitrogens is 3. The monoisotopic (exact) mass is 358 g/mol. The number of amides is 1. The average molecular weight is 358 g/mol. The normalized spacial score (nSPS) is 10.7. The SMILES string of the molecule is O=C(Nc1ccn(CCc2ccncc2)n1)c1cccc(OC(F)F)c1. The third-order valence-corrected chi connectivity index (χ3v) is 3.58. The summed E-state index contributed by atoms with van der Waals surface area (Å²) in [6.07, 6.45) is 6.00. The molecule has 1 aromatic carbocycles. The topological polar surface area (TPSA) is 69.0 Å². The number of rotatable bonds is 7. The molecule has 1 amide bonds. The molecule has 0 saturated heterocycles. The van der Waals surface area contributed by atoms with Crippen molar-refractivity contribution >= 4 is 11.7 Å². The van der Waals surface area contributed by atoms with E-state index in [1.807, 2.05) is 12.1 Å². The number of pyridine rings is 1. The van der Waals surface area contributed by atoms with Gasteiger partial charge in [0, 0.05) is 36.8 Å². The molecule has 0 aliphatic rings. The number of ether oxygens (including phenoxy) is 1. The van der Waals surface area contributed by atoms with Gasteiger partial charge in [-0.2, -0.15) is 13.9 Å². The lowest BCUT2D eigenvalue weighted by molar-refractivity contribution is -0.0498. The van der Waals surface area contributed by atoms with Crippen LogP contribution < -0.4 is 10.1 Å². The Balaban J connectivity index is 1.59. The maximum Gasteiger partial charge on any atom is 0.387 e. The highest BCUT2D eigenvalue weighted by Gasteiger charge is 2.11. The molecule has 1 N–H and O–H groups in total. The lowest BCUT2D eigenvalue weighted by atomic mass is 10.2. The Morgan fingerprint density at radius 1 is 1.19 bits per heavy atom. The summed E-state index contributed by atoms with van der Waals surface area (Å²) in [6.45, 7) is -2.29. The molecule has 6 nitrogen and oxygen atoms in total. The molecule has 0 saturated carbocycles. The highest BCUT2D eigenvalue weighted by molar-refractivity contribution is 6.03. The minimum atomic E-state index is -2.94. The van der Waals surface area contributed by atoms with Crippen LogP contribution >= 0.6 is 0 Å². The van der Waals surface area contributed by atoms with Crippen LogP contribution in [0.4, 0.5) is 14.6 Å². The summed E-state index contributed by atoms with van der Waals surface area (Å²) in [7, 11) is 0. The Bertz CT molecular complexity index is 868. The van der Waals surface area contributed by atoms with Crippen LogP contribution in [0.5, 0.6) is 5.75 Å². The number of nitrogens with one attached hydrogen (secondary N) is 1. The van der Waals surface area contributed by atoms with E-state index in [4.69, 9.17) is 0 Å². The van der Waals surface area contributed by atoms with Crippen molar-refractivity contribution in [3.63, 3.8) is 0 Å². The molecule has 2 heterocycles. The van der Waals surface area contributed by atoms with Crippen LogP contribution in [0.3, 0.4) is 0 Å². The highest BCUT2D eigenvalue weighted by atomic mass is 19.3. The van der Waals surface area contributed by atoms with Crippen molar-refractivity contribution in [2.45, 2.75) is 19.6 Å². The van der Waals surface area contributed by atoms with Gasteiger partial charge in [0.05, 0.1) is 0 Å². The summed E-state index contributed by atoms with van der Waals surface area (Å²) >= 11 is 0. The molecule has 0 bridgehead atoms. The number of carbonyl (C=O) groups is 1. The molecule has 2 aromatic heterocycles. The zero-order valence-electron chi connectivity index (χ0n) is 13.7. The van der Waals surface area contributed by atoms with Gasteiger partial charge in [-0.1, -0.05) is 6.07 Å². The van der Waals surface area contributed by atoms with E-state index in [-0.39, 0.29) is 11.3 Å². The summed E-state index contributed by atoms with van der Waals surface area (Å²) in [5, 5.41) is 6.91. The Labute approximate surface area is 148 Å². The van der Waals surface area contributed by atoms with Gasteiger partial charge in [-0.05, 0) is 42.3 Å². The van der Waals surface area contributed by atoms with Crippen LogP contribution in [0.25, 0.3) is 0 Å².